The molecule has 1 aliphatic rings. The molecule has 0 unspecified atom stereocenters. The van der Waals surface area contributed by atoms with Gasteiger partial charge in [0.05, 0.1) is 17.6 Å². The number of piperazine rings is 1. The van der Waals surface area contributed by atoms with E-state index in [1.54, 1.807) is 0 Å². The first kappa shape index (κ1) is 15.9. The van der Waals surface area contributed by atoms with Gasteiger partial charge in [0.2, 0.25) is 0 Å². The Hall–Kier alpha value is -1.51. The van der Waals surface area contributed by atoms with Gasteiger partial charge in [0.15, 0.2) is 0 Å². The molecular formula is C13H23N5O3. The van der Waals surface area contributed by atoms with E-state index < -0.39 is 11.0 Å². The van der Waals surface area contributed by atoms with Gasteiger partial charge in [0.25, 0.3) is 0 Å². The molecule has 0 bridgehead atoms. The lowest BCUT2D eigenvalue weighted by atomic mass is 10.1. The van der Waals surface area contributed by atoms with Crippen LogP contribution in [0.15, 0.2) is 12.4 Å². The van der Waals surface area contributed by atoms with Crippen molar-refractivity contribution in [3.63, 3.8) is 0 Å². The highest BCUT2D eigenvalue weighted by atomic mass is 16.6. The Morgan fingerprint density at radius 3 is 2.76 bits per heavy atom. The fourth-order valence-corrected chi connectivity index (χ4v) is 2.72. The Morgan fingerprint density at radius 1 is 1.43 bits per heavy atom. The molecule has 0 spiro atoms. The van der Waals surface area contributed by atoms with E-state index in [2.05, 4.69) is 35.8 Å². The molecule has 1 saturated heterocycles. The van der Waals surface area contributed by atoms with Gasteiger partial charge in [-0.3, -0.25) is 19.7 Å². The van der Waals surface area contributed by atoms with E-state index in [-0.39, 0.29) is 12.2 Å². The van der Waals surface area contributed by atoms with Crippen LogP contribution in [0.25, 0.3) is 0 Å². The van der Waals surface area contributed by atoms with E-state index in [0.717, 1.165) is 13.1 Å². The van der Waals surface area contributed by atoms with Crippen molar-refractivity contribution in [2.75, 3.05) is 26.7 Å². The highest BCUT2D eigenvalue weighted by Crippen LogP contribution is 2.14. The second-order valence-electron chi connectivity index (χ2n) is 5.92. The number of nitro groups is 1. The number of hydrogen-bond donors (Lipinski definition) is 1. The molecule has 118 valence electrons. The van der Waals surface area contributed by atoms with E-state index in [1.165, 1.54) is 17.1 Å². The summed E-state index contributed by atoms with van der Waals surface area (Å²) in [7, 11) is 2.11. The summed E-state index contributed by atoms with van der Waals surface area (Å²) in [5.74, 6) is 0. The minimum Gasteiger partial charge on any atom is -0.390 e. The van der Waals surface area contributed by atoms with Crippen molar-refractivity contribution < 1.29 is 10.0 Å². The third kappa shape index (κ3) is 3.99. The van der Waals surface area contributed by atoms with Gasteiger partial charge in [-0.15, -0.1) is 0 Å². The first-order chi connectivity index (χ1) is 9.86. The van der Waals surface area contributed by atoms with Crippen molar-refractivity contribution in [1.82, 2.24) is 19.6 Å². The Bertz CT molecular complexity index is 492. The summed E-state index contributed by atoms with van der Waals surface area (Å²) in [6.45, 7) is 7.01. The van der Waals surface area contributed by atoms with Gasteiger partial charge >= 0.3 is 5.69 Å². The molecule has 8 nitrogen and oxygen atoms in total. The maximum atomic E-state index is 10.6. The van der Waals surface area contributed by atoms with Crippen LogP contribution < -0.4 is 0 Å². The number of nitrogens with zero attached hydrogens (tertiary/aromatic N) is 5. The van der Waals surface area contributed by atoms with Crippen molar-refractivity contribution in [2.45, 2.75) is 38.6 Å². The van der Waals surface area contributed by atoms with Gasteiger partial charge in [-0.1, -0.05) is 0 Å². The van der Waals surface area contributed by atoms with Gasteiger partial charge in [0.1, 0.15) is 12.4 Å². The minimum absolute atomic E-state index is 0.0520. The summed E-state index contributed by atoms with van der Waals surface area (Å²) in [4.78, 5) is 14.7. The maximum Gasteiger partial charge on any atom is 0.306 e. The Balaban J connectivity index is 1.88. The molecule has 0 aromatic carbocycles. The number of aliphatic hydroxyl groups is 1. The van der Waals surface area contributed by atoms with Gasteiger partial charge in [-0.05, 0) is 20.9 Å². The Morgan fingerprint density at radius 2 is 2.14 bits per heavy atom. The summed E-state index contributed by atoms with van der Waals surface area (Å²) in [5.41, 5.74) is -0.0520. The molecule has 0 radical (unpaired) electrons. The van der Waals surface area contributed by atoms with Crippen molar-refractivity contribution >= 4 is 5.69 Å². The largest absolute Gasteiger partial charge is 0.390 e. The highest BCUT2D eigenvalue weighted by Gasteiger charge is 2.28. The normalized spacial score (nSPS) is 25.9. The van der Waals surface area contributed by atoms with Gasteiger partial charge < -0.3 is 10.0 Å². The lowest BCUT2D eigenvalue weighted by molar-refractivity contribution is -0.385. The van der Waals surface area contributed by atoms with E-state index in [1.807, 2.05) is 0 Å². The van der Waals surface area contributed by atoms with Crippen molar-refractivity contribution in [3.8, 4) is 0 Å². The molecule has 1 aromatic heterocycles. The standard InChI is InChI=1S/C13H23N5O3/c1-10-6-16(11(2)5-15(10)3)8-13(19)9-17-7-12(4-14-17)18(20)21/h4,7,10-11,13,19H,5-6,8-9H2,1-3H3/t10-,11+,13-/m1/s1. The predicted octanol–water partition coefficient (Wildman–Crippen LogP) is 0.177. The van der Waals surface area contributed by atoms with Crippen molar-refractivity contribution in [2.24, 2.45) is 0 Å². The molecule has 0 amide bonds. The smallest absolute Gasteiger partial charge is 0.306 e. The van der Waals surface area contributed by atoms with Crippen molar-refractivity contribution in [1.29, 1.82) is 0 Å². The fraction of sp³-hybridized carbons (Fsp3) is 0.769. The molecule has 8 heteroatoms. The van der Waals surface area contributed by atoms with Crippen LogP contribution in [0, 0.1) is 10.1 Å². The molecular weight excluding hydrogens is 274 g/mol. The minimum atomic E-state index is -0.595. The average molecular weight is 297 g/mol. The molecule has 0 aliphatic carbocycles. The summed E-state index contributed by atoms with van der Waals surface area (Å²) in [5, 5.41) is 24.7. The zero-order valence-electron chi connectivity index (χ0n) is 12.7. The van der Waals surface area contributed by atoms with E-state index in [4.69, 9.17) is 0 Å². The molecule has 2 rings (SSSR count). The van der Waals surface area contributed by atoms with Gasteiger partial charge in [-0.2, -0.15) is 5.10 Å². The molecule has 21 heavy (non-hydrogen) atoms. The summed E-state index contributed by atoms with van der Waals surface area (Å²) in [6.07, 6.45) is 1.95. The second-order valence-corrected chi connectivity index (χ2v) is 5.92. The van der Waals surface area contributed by atoms with Crippen molar-refractivity contribution in [3.05, 3.63) is 22.5 Å². The third-order valence-corrected chi connectivity index (χ3v) is 4.10. The quantitative estimate of drug-likeness (QED) is 0.616. The Labute approximate surface area is 124 Å². The van der Waals surface area contributed by atoms with Crippen LogP contribution >= 0.6 is 0 Å². The summed E-state index contributed by atoms with van der Waals surface area (Å²) in [6, 6.07) is 0.840. The molecule has 1 aromatic rings. The van der Waals surface area contributed by atoms with E-state index in [9.17, 15) is 15.2 Å². The van der Waals surface area contributed by atoms with E-state index in [0.29, 0.717) is 18.6 Å². The van der Waals surface area contributed by atoms with Crippen LogP contribution in [0.5, 0.6) is 0 Å². The summed E-state index contributed by atoms with van der Waals surface area (Å²) < 4.78 is 1.42. The number of β-amino-alcohol motifs (C(OH)–C–C–N with tert-alkyl or cyclic N) is 1. The lowest BCUT2D eigenvalue weighted by Gasteiger charge is -2.43. The monoisotopic (exact) mass is 297 g/mol. The topological polar surface area (TPSA) is 87.7 Å². The first-order valence-corrected chi connectivity index (χ1v) is 7.16. The Kier molecular flexibility index (Phi) is 4.92. The molecule has 0 saturated carbocycles. The zero-order valence-corrected chi connectivity index (χ0v) is 12.7. The van der Waals surface area contributed by atoms with Crippen LogP contribution in [0.3, 0.4) is 0 Å². The van der Waals surface area contributed by atoms with Crippen LogP contribution in [0.4, 0.5) is 5.69 Å². The van der Waals surface area contributed by atoms with Crippen LogP contribution in [0.2, 0.25) is 0 Å². The number of aliphatic hydroxyl groups excluding tert-OH is 1. The number of hydrogen-bond acceptors (Lipinski definition) is 6. The predicted molar refractivity (Wildman–Crippen MR) is 78.0 cm³/mol. The molecule has 1 aliphatic heterocycles. The number of aromatic nitrogens is 2. The summed E-state index contributed by atoms with van der Waals surface area (Å²) >= 11 is 0. The van der Waals surface area contributed by atoms with Crippen LogP contribution in [0.1, 0.15) is 13.8 Å². The highest BCUT2D eigenvalue weighted by molar-refractivity contribution is 5.20. The first-order valence-electron chi connectivity index (χ1n) is 7.16. The van der Waals surface area contributed by atoms with Gasteiger partial charge in [-0.25, -0.2) is 0 Å². The molecule has 1 fully saturated rings. The molecule has 2 heterocycles. The second kappa shape index (κ2) is 6.50. The lowest BCUT2D eigenvalue weighted by Crippen LogP contribution is -2.56. The van der Waals surface area contributed by atoms with Crippen LogP contribution in [-0.4, -0.2) is 74.5 Å². The van der Waals surface area contributed by atoms with Crippen LogP contribution in [-0.2, 0) is 6.54 Å². The molecule has 1 N–H and O–H groups in total. The number of rotatable bonds is 5. The van der Waals surface area contributed by atoms with E-state index >= 15 is 0 Å². The van der Waals surface area contributed by atoms with Gasteiger partial charge in [0, 0.05) is 31.7 Å². The molecule has 3 atom stereocenters. The fourth-order valence-electron chi connectivity index (χ4n) is 2.72. The zero-order chi connectivity index (χ0) is 15.6. The average Bonchev–Trinajstić information content (AvgIpc) is 2.84. The number of likely N-dealkylation sites (N-methyl/N-ethyl adjacent to an activating group) is 1. The SMILES string of the molecule is C[C@@H]1CN(C[C@@H](O)Cn2cc([N+](=O)[O-])cn2)[C@@H](C)CN1C. The maximum absolute atomic E-state index is 10.6. The third-order valence-electron chi connectivity index (χ3n) is 4.10.